The summed E-state index contributed by atoms with van der Waals surface area (Å²) in [6, 6.07) is 12.3. The molecule has 25 heavy (non-hydrogen) atoms. The van der Waals surface area contributed by atoms with Gasteiger partial charge in [0, 0.05) is 34.3 Å². The molecule has 1 heterocycles. The van der Waals surface area contributed by atoms with Crippen molar-refractivity contribution in [2.45, 2.75) is 11.8 Å². The Hall–Kier alpha value is -3.20. The number of hydrogen-bond acceptors (Lipinski definition) is 5. The molecule has 9 heteroatoms. The summed E-state index contributed by atoms with van der Waals surface area (Å²) in [4.78, 5) is 15.1. The van der Waals surface area contributed by atoms with E-state index in [4.69, 9.17) is 0 Å². The molecule has 0 bridgehead atoms. The highest BCUT2D eigenvalue weighted by molar-refractivity contribution is 7.89. The van der Waals surface area contributed by atoms with E-state index >= 15 is 0 Å². The predicted molar refractivity (Wildman–Crippen MR) is 94.0 cm³/mol. The van der Waals surface area contributed by atoms with Gasteiger partial charge in [0.05, 0.1) is 16.0 Å². The van der Waals surface area contributed by atoms with Crippen LogP contribution in [-0.4, -0.2) is 24.5 Å². The lowest BCUT2D eigenvalue weighted by molar-refractivity contribution is -0.385. The maximum absolute atomic E-state index is 12.2. The van der Waals surface area contributed by atoms with Gasteiger partial charge in [0.1, 0.15) is 0 Å². The van der Waals surface area contributed by atoms with Gasteiger partial charge in [-0.05, 0) is 19.1 Å². The van der Waals surface area contributed by atoms with E-state index in [0.29, 0.717) is 0 Å². The highest BCUT2D eigenvalue weighted by Crippen LogP contribution is 2.20. The van der Waals surface area contributed by atoms with Crippen LogP contribution in [-0.2, 0) is 10.0 Å². The number of sulfonamides is 1. The van der Waals surface area contributed by atoms with E-state index in [1.807, 2.05) is 31.2 Å². The normalized spacial score (nSPS) is 11.9. The third-order valence-electron chi connectivity index (χ3n) is 3.65. The number of H-pyrrole nitrogens is 1. The van der Waals surface area contributed by atoms with Gasteiger partial charge in [0.2, 0.25) is 0 Å². The Morgan fingerprint density at radius 2 is 1.96 bits per heavy atom. The first kappa shape index (κ1) is 16.7. The van der Waals surface area contributed by atoms with Gasteiger partial charge in [-0.15, -0.1) is 0 Å². The zero-order valence-corrected chi connectivity index (χ0v) is 13.9. The predicted octanol–water partition coefficient (Wildman–Crippen LogP) is 2.70. The minimum absolute atomic E-state index is 0.227. The maximum Gasteiger partial charge on any atom is 0.276 e. The molecule has 128 valence electrons. The van der Waals surface area contributed by atoms with Crippen LogP contribution in [0.1, 0.15) is 11.3 Å². The molecule has 2 aromatic carbocycles. The van der Waals surface area contributed by atoms with Crippen molar-refractivity contribution in [3.05, 3.63) is 69.9 Å². The summed E-state index contributed by atoms with van der Waals surface area (Å²) in [5.74, 6) is 0. The quantitative estimate of drug-likeness (QED) is 0.414. The molecule has 0 aliphatic carbocycles. The van der Waals surface area contributed by atoms with Crippen molar-refractivity contribution < 1.29 is 13.3 Å². The van der Waals surface area contributed by atoms with E-state index in [2.05, 4.69) is 14.9 Å². The zero-order valence-electron chi connectivity index (χ0n) is 13.1. The second-order valence-corrected chi connectivity index (χ2v) is 6.98. The SMILES string of the molecule is Cc1[nH]c2ccccc2c1/C=N/NS(=O)(=O)c1cccc([N+](=O)[O-])c1. The second kappa shape index (κ2) is 6.36. The number of hydrazone groups is 1. The number of para-hydroxylation sites is 1. The second-order valence-electron chi connectivity index (χ2n) is 5.32. The molecule has 0 amide bonds. The van der Waals surface area contributed by atoms with E-state index < -0.39 is 14.9 Å². The minimum atomic E-state index is -4.00. The highest BCUT2D eigenvalue weighted by atomic mass is 32.2. The van der Waals surface area contributed by atoms with Crippen LogP contribution in [0, 0.1) is 17.0 Å². The molecule has 0 unspecified atom stereocenters. The molecule has 0 radical (unpaired) electrons. The minimum Gasteiger partial charge on any atom is -0.358 e. The number of benzene rings is 2. The van der Waals surface area contributed by atoms with Crippen LogP contribution >= 0.6 is 0 Å². The Kier molecular flexibility index (Phi) is 4.24. The average molecular weight is 358 g/mol. The molecule has 2 N–H and O–H groups in total. The van der Waals surface area contributed by atoms with E-state index in [1.165, 1.54) is 24.4 Å². The van der Waals surface area contributed by atoms with Crippen molar-refractivity contribution in [1.82, 2.24) is 9.82 Å². The first-order valence-electron chi connectivity index (χ1n) is 7.25. The molecule has 3 aromatic rings. The van der Waals surface area contributed by atoms with E-state index in [0.717, 1.165) is 28.2 Å². The van der Waals surface area contributed by atoms with Crippen molar-refractivity contribution in [1.29, 1.82) is 0 Å². The summed E-state index contributed by atoms with van der Waals surface area (Å²) >= 11 is 0. The molecular formula is C16H14N4O4S. The van der Waals surface area contributed by atoms with Gasteiger partial charge in [-0.2, -0.15) is 13.5 Å². The Bertz CT molecular complexity index is 1090. The Balaban J connectivity index is 1.87. The fourth-order valence-corrected chi connectivity index (χ4v) is 3.27. The Morgan fingerprint density at radius 1 is 1.20 bits per heavy atom. The number of non-ortho nitro benzene ring substituents is 1. The number of nitro benzene ring substituents is 1. The molecule has 0 saturated heterocycles. The van der Waals surface area contributed by atoms with Crippen molar-refractivity contribution >= 4 is 32.8 Å². The highest BCUT2D eigenvalue weighted by Gasteiger charge is 2.16. The number of aryl methyl sites for hydroxylation is 1. The van der Waals surface area contributed by atoms with Crippen molar-refractivity contribution in [3.8, 4) is 0 Å². The van der Waals surface area contributed by atoms with Crippen LogP contribution in [0.25, 0.3) is 10.9 Å². The molecule has 3 rings (SSSR count). The Labute approximate surface area is 143 Å². The zero-order chi connectivity index (χ0) is 18.0. The largest absolute Gasteiger partial charge is 0.358 e. The topological polar surface area (TPSA) is 117 Å². The monoisotopic (exact) mass is 358 g/mol. The van der Waals surface area contributed by atoms with Gasteiger partial charge < -0.3 is 4.98 Å². The fraction of sp³-hybridized carbons (Fsp3) is 0.0625. The van der Waals surface area contributed by atoms with E-state index in [9.17, 15) is 18.5 Å². The summed E-state index contributed by atoms with van der Waals surface area (Å²) in [6.45, 7) is 1.86. The molecule has 0 aliphatic heterocycles. The lowest BCUT2D eigenvalue weighted by atomic mass is 10.1. The average Bonchev–Trinajstić information content (AvgIpc) is 2.90. The molecule has 0 saturated carbocycles. The molecule has 0 aliphatic rings. The molecule has 1 aromatic heterocycles. The van der Waals surface area contributed by atoms with Gasteiger partial charge in [0.15, 0.2) is 0 Å². The number of hydrogen-bond donors (Lipinski definition) is 2. The van der Waals surface area contributed by atoms with Crippen molar-refractivity contribution in [2.24, 2.45) is 5.10 Å². The number of rotatable bonds is 5. The number of aromatic amines is 1. The lowest BCUT2D eigenvalue weighted by Crippen LogP contribution is -2.18. The molecule has 0 fully saturated rings. The van der Waals surface area contributed by atoms with Crippen LogP contribution in [0.15, 0.2) is 58.5 Å². The molecule has 8 nitrogen and oxygen atoms in total. The number of fused-ring (bicyclic) bond motifs is 1. The summed E-state index contributed by atoms with van der Waals surface area (Å²) in [5, 5.41) is 15.5. The first-order valence-corrected chi connectivity index (χ1v) is 8.73. The van der Waals surface area contributed by atoms with Crippen LogP contribution in [0.5, 0.6) is 0 Å². The van der Waals surface area contributed by atoms with Gasteiger partial charge in [-0.25, -0.2) is 4.83 Å². The third kappa shape index (κ3) is 3.36. The first-order chi connectivity index (χ1) is 11.9. The fourth-order valence-electron chi connectivity index (χ4n) is 2.44. The van der Waals surface area contributed by atoms with Crippen LogP contribution in [0.4, 0.5) is 5.69 Å². The van der Waals surface area contributed by atoms with E-state index in [1.54, 1.807) is 0 Å². The molecular weight excluding hydrogens is 344 g/mol. The third-order valence-corrected chi connectivity index (χ3v) is 4.87. The van der Waals surface area contributed by atoms with Crippen LogP contribution in [0.3, 0.4) is 0 Å². The van der Waals surface area contributed by atoms with Gasteiger partial charge in [-0.1, -0.05) is 24.3 Å². The molecule has 0 atom stereocenters. The van der Waals surface area contributed by atoms with Crippen LogP contribution < -0.4 is 4.83 Å². The van der Waals surface area contributed by atoms with Gasteiger partial charge in [0.25, 0.3) is 15.7 Å². The van der Waals surface area contributed by atoms with Crippen molar-refractivity contribution in [2.75, 3.05) is 0 Å². The van der Waals surface area contributed by atoms with E-state index in [-0.39, 0.29) is 10.6 Å². The number of nitrogens with one attached hydrogen (secondary N) is 2. The van der Waals surface area contributed by atoms with Gasteiger partial charge >= 0.3 is 0 Å². The smallest absolute Gasteiger partial charge is 0.276 e. The summed E-state index contributed by atoms with van der Waals surface area (Å²) in [6.07, 6.45) is 1.41. The lowest BCUT2D eigenvalue weighted by Gasteiger charge is -2.03. The molecule has 0 spiro atoms. The summed E-state index contributed by atoms with van der Waals surface area (Å²) in [7, 11) is -4.00. The van der Waals surface area contributed by atoms with Crippen LogP contribution in [0.2, 0.25) is 0 Å². The number of aromatic nitrogens is 1. The van der Waals surface area contributed by atoms with Crippen molar-refractivity contribution in [3.63, 3.8) is 0 Å². The summed E-state index contributed by atoms with van der Waals surface area (Å²) in [5.41, 5.74) is 2.22. The standard InChI is InChI=1S/C16H14N4O4S/c1-11-15(14-7-2-3-8-16(14)18-11)10-17-19-25(23,24)13-6-4-5-12(9-13)20(21)22/h2-10,18-19H,1H3/b17-10+. The summed E-state index contributed by atoms with van der Waals surface area (Å²) < 4.78 is 24.5. The Morgan fingerprint density at radius 3 is 2.72 bits per heavy atom. The number of nitro groups is 1. The number of nitrogens with zero attached hydrogens (tertiary/aromatic N) is 2. The van der Waals surface area contributed by atoms with Gasteiger partial charge in [-0.3, -0.25) is 10.1 Å². The maximum atomic E-state index is 12.2.